The zero-order chi connectivity index (χ0) is 17.2. The van der Waals surface area contributed by atoms with Gasteiger partial charge in [-0.15, -0.1) is 0 Å². The lowest BCUT2D eigenvalue weighted by molar-refractivity contribution is -0.0669. The third-order valence-electron chi connectivity index (χ3n) is 3.75. The number of rotatable bonds is 1. The number of imidazole rings is 1. The molecule has 4 rings (SSSR count). The molecule has 2 aromatic heterocycles. The zero-order valence-electron chi connectivity index (χ0n) is 11.7. The summed E-state index contributed by atoms with van der Waals surface area (Å²) < 4.78 is 28.2. The number of anilines is 1. The number of nitrogens with zero attached hydrogens (tertiary/aromatic N) is 3. The number of aliphatic hydroxyl groups excluding tert-OH is 1. The van der Waals surface area contributed by atoms with Gasteiger partial charge in [-0.05, 0) is 15.9 Å². The van der Waals surface area contributed by atoms with Gasteiger partial charge in [-0.1, -0.05) is 0 Å². The molecule has 14 heteroatoms. The van der Waals surface area contributed by atoms with Crippen LogP contribution in [0.15, 0.2) is 9.53 Å². The lowest BCUT2D eigenvalue weighted by atomic mass is 10.1. The predicted octanol–water partition coefficient (Wildman–Crippen LogP) is -0.762. The van der Waals surface area contributed by atoms with Crippen LogP contribution >= 0.6 is 23.8 Å². The Labute approximate surface area is 141 Å². The fraction of sp³-hybridized carbons (Fsp3) is 0.500. The summed E-state index contributed by atoms with van der Waals surface area (Å²) in [6.45, 7) is -0.230. The van der Waals surface area contributed by atoms with Gasteiger partial charge in [-0.25, -0.2) is 9.55 Å². The Morgan fingerprint density at radius 3 is 2.96 bits per heavy atom. The van der Waals surface area contributed by atoms with E-state index in [0.29, 0.717) is 0 Å². The van der Waals surface area contributed by atoms with Crippen molar-refractivity contribution in [1.29, 1.82) is 0 Å². The van der Waals surface area contributed by atoms with Crippen molar-refractivity contribution in [1.82, 2.24) is 19.5 Å². The van der Waals surface area contributed by atoms with Gasteiger partial charge in [0, 0.05) is 0 Å². The number of aromatic nitrogens is 4. The van der Waals surface area contributed by atoms with Crippen molar-refractivity contribution >= 4 is 40.9 Å². The van der Waals surface area contributed by atoms with Crippen molar-refractivity contribution in [2.24, 2.45) is 0 Å². The van der Waals surface area contributed by atoms with Crippen LogP contribution in [-0.2, 0) is 18.3 Å². The molecule has 2 unspecified atom stereocenters. The van der Waals surface area contributed by atoms with Crippen molar-refractivity contribution in [2.75, 3.05) is 12.3 Å². The fourth-order valence-corrected chi connectivity index (χ4v) is 4.26. The molecule has 5 atom stereocenters. The van der Waals surface area contributed by atoms with E-state index in [2.05, 4.69) is 35.4 Å². The average molecular weight is 424 g/mol. The minimum Gasteiger partial charge on any atom is -0.386 e. The highest BCUT2D eigenvalue weighted by Crippen LogP contribution is 2.52. The van der Waals surface area contributed by atoms with Crippen LogP contribution in [-0.4, -0.2) is 54.4 Å². The number of hydrogen-bond acceptors (Lipinski definition) is 9. The Kier molecular flexibility index (Phi) is 3.58. The monoisotopic (exact) mass is 423 g/mol. The number of fused-ring (bicyclic) bond motifs is 2. The number of aromatic amines is 1. The Balaban J connectivity index is 1.80. The molecule has 0 aliphatic carbocycles. The number of aliphatic hydroxyl groups is 1. The SMILES string of the molecule is Nc1nc2c(nc(Br)n2C2O[C@@H]3COP(=O)(O)O[C@@H]3[C@@H]2O)c(=O)[nH]1. The molecule has 0 amide bonds. The van der Waals surface area contributed by atoms with Gasteiger partial charge in [-0.2, -0.15) is 4.98 Å². The minimum atomic E-state index is -4.24. The number of nitrogens with two attached hydrogens (primary N) is 1. The Bertz CT molecular complexity index is 930. The van der Waals surface area contributed by atoms with Gasteiger partial charge in [0.25, 0.3) is 5.56 Å². The van der Waals surface area contributed by atoms with Crippen LogP contribution in [0.2, 0.25) is 0 Å². The first kappa shape index (κ1) is 16.1. The maximum atomic E-state index is 11.9. The Morgan fingerprint density at radius 2 is 2.21 bits per heavy atom. The summed E-state index contributed by atoms with van der Waals surface area (Å²) in [5, 5.41) is 10.5. The molecule has 0 saturated carbocycles. The largest absolute Gasteiger partial charge is 0.472 e. The van der Waals surface area contributed by atoms with Crippen LogP contribution in [0.25, 0.3) is 11.2 Å². The van der Waals surface area contributed by atoms with E-state index < -0.39 is 37.9 Å². The van der Waals surface area contributed by atoms with Crippen LogP contribution in [0.5, 0.6) is 0 Å². The molecule has 0 bridgehead atoms. The van der Waals surface area contributed by atoms with Gasteiger partial charge in [0.15, 0.2) is 22.1 Å². The molecule has 2 saturated heterocycles. The number of halogens is 1. The molecule has 12 nitrogen and oxygen atoms in total. The standard InChI is InChI=1S/C10H11BrN5O7P/c11-9-13-3-6(14-10(12)15-7(3)18)16(9)8-4(17)5-2(22-8)1-21-24(19,20)23-5/h2,4-5,8,17H,1H2,(H,19,20)(H3,12,14,15,18)/t2-,4+,5+,8?/m1/s1. The second-order valence-corrected chi connectivity index (χ2v) is 7.38. The second-order valence-electron chi connectivity index (χ2n) is 5.26. The van der Waals surface area contributed by atoms with Gasteiger partial charge < -0.3 is 20.5 Å². The van der Waals surface area contributed by atoms with Gasteiger partial charge in [0.05, 0.1) is 6.61 Å². The van der Waals surface area contributed by atoms with E-state index in [1.54, 1.807) is 0 Å². The topological polar surface area (TPSA) is 175 Å². The van der Waals surface area contributed by atoms with Crippen LogP contribution in [0, 0.1) is 0 Å². The summed E-state index contributed by atoms with van der Waals surface area (Å²) in [4.78, 5) is 31.7. The molecule has 0 aromatic carbocycles. The first-order valence-electron chi connectivity index (χ1n) is 6.69. The van der Waals surface area contributed by atoms with Gasteiger partial charge in [-0.3, -0.25) is 23.4 Å². The lowest BCUT2D eigenvalue weighted by Crippen LogP contribution is -2.39. The maximum Gasteiger partial charge on any atom is 0.472 e. The number of ether oxygens (including phenoxy) is 1. The summed E-state index contributed by atoms with van der Waals surface area (Å²) in [7, 11) is -4.24. The quantitative estimate of drug-likeness (QED) is 0.336. The van der Waals surface area contributed by atoms with E-state index in [4.69, 9.17) is 15.0 Å². The number of hydrogen-bond donors (Lipinski definition) is 4. The highest BCUT2D eigenvalue weighted by Gasteiger charge is 2.53. The van der Waals surface area contributed by atoms with E-state index in [0.717, 1.165) is 0 Å². The van der Waals surface area contributed by atoms with Crippen molar-refractivity contribution < 1.29 is 28.3 Å². The van der Waals surface area contributed by atoms with E-state index >= 15 is 0 Å². The van der Waals surface area contributed by atoms with Gasteiger partial charge in [0.1, 0.15) is 18.3 Å². The van der Waals surface area contributed by atoms with Crippen LogP contribution < -0.4 is 11.3 Å². The molecule has 5 N–H and O–H groups in total. The molecule has 2 aliphatic rings. The highest BCUT2D eigenvalue weighted by molar-refractivity contribution is 9.10. The van der Waals surface area contributed by atoms with Crippen LogP contribution in [0.4, 0.5) is 5.95 Å². The highest BCUT2D eigenvalue weighted by atomic mass is 79.9. The zero-order valence-corrected chi connectivity index (χ0v) is 14.2. The molecule has 24 heavy (non-hydrogen) atoms. The number of nitrogen functional groups attached to an aromatic ring is 1. The summed E-state index contributed by atoms with van der Waals surface area (Å²) in [5.41, 5.74) is 5.07. The molecule has 2 aliphatic heterocycles. The summed E-state index contributed by atoms with van der Waals surface area (Å²) in [6.07, 6.45) is -4.25. The molecule has 0 spiro atoms. The normalized spacial score (nSPS) is 36.1. The first-order valence-corrected chi connectivity index (χ1v) is 8.98. The lowest BCUT2D eigenvalue weighted by Gasteiger charge is -2.27. The third-order valence-corrected chi connectivity index (χ3v) is 5.29. The molecule has 0 radical (unpaired) electrons. The number of H-pyrrole nitrogens is 1. The minimum absolute atomic E-state index is 0.00764. The summed E-state index contributed by atoms with van der Waals surface area (Å²) in [5.74, 6) is -0.134. The molecule has 2 fully saturated rings. The third kappa shape index (κ3) is 2.40. The summed E-state index contributed by atoms with van der Waals surface area (Å²) in [6, 6.07) is 0. The van der Waals surface area contributed by atoms with Crippen molar-refractivity contribution in [2.45, 2.75) is 24.5 Å². The van der Waals surface area contributed by atoms with Crippen molar-refractivity contribution in [3.05, 3.63) is 15.1 Å². The molecular weight excluding hydrogens is 413 g/mol. The molecule has 4 heterocycles. The molecule has 2 aromatic rings. The first-order chi connectivity index (χ1) is 11.3. The number of nitrogens with one attached hydrogen (secondary N) is 1. The predicted molar refractivity (Wildman–Crippen MR) is 80.8 cm³/mol. The Hall–Kier alpha value is -1.34. The van der Waals surface area contributed by atoms with Gasteiger partial charge in [0.2, 0.25) is 5.95 Å². The number of phosphoric ester groups is 1. The van der Waals surface area contributed by atoms with E-state index in [1.165, 1.54) is 4.57 Å². The molecular formula is C10H11BrN5O7P. The van der Waals surface area contributed by atoms with E-state index in [9.17, 15) is 19.4 Å². The smallest absolute Gasteiger partial charge is 0.386 e. The fourth-order valence-electron chi connectivity index (χ4n) is 2.75. The van der Waals surface area contributed by atoms with E-state index in [-0.39, 0.29) is 28.5 Å². The van der Waals surface area contributed by atoms with Crippen LogP contribution in [0.3, 0.4) is 0 Å². The van der Waals surface area contributed by atoms with E-state index in [1.807, 2.05) is 0 Å². The van der Waals surface area contributed by atoms with Crippen molar-refractivity contribution in [3.63, 3.8) is 0 Å². The maximum absolute atomic E-state index is 11.9. The summed E-state index contributed by atoms with van der Waals surface area (Å²) >= 11 is 3.18. The average Bonchev–Trinajstić information content (AvgIpc) is 2.96. The second kappa shape index (κ2) is 5.33. The number of phosphoric acid groups is 1. The Morgan fingerprint density at radius 1 is 1.46 bits per heavy atom. The van der Waals surface area contributed by atoms with Crippen molar-refractivity contribution in [3.8, 4) is 0 Å². The molecule has 130 valence electrons. The van der Waals surface area contributed by atoms with Gasteiger partial charge >= 0.3 is 7.82 Å². The van der Waals surface area contributed by atoms with Crippen LogP contribution in [0.1, 0.15) is 6.23 Å².